The molecule has 20 heavy (non-hydrogen) atoms. The highest BCUT2D eigenvalue weighted by Crippen LogP contribution is 2.41. The van der Waals surface area contributed by atoms with E-state index in [1.165, 1.54) is 0 Å². The van der Waals surface area contributed by atoms with Gasteiger partial charge in [0.05, 0.1) is 0 Å². The summed E-state index contributed by atoms with van der Waals surface area (Å²) in [6.45, 7) is 6.10. The highest BCUT2D eigenvalue weighted by molar-refractivity contribution is 5.49. The number of fused-ring (bicyclic) bond motifs is 1. The molecule has 1 aliphatic heterocycles. The van der Waals surface area contributed by atoms with Crippen molar-refractivity contribution in [2.45, 2.75) is 38.9 Å². The van der Waals surface area contributed by atoms with Gasteiger partial charge in [0.1, 0.15) is 17.5 Å². The molecule has 0 amide bonds. The minimum absolute atomic E-state index is 0.205. The second kappa shape index (κ2) is 4.60. The fourth-order valence-corrected chi connectivity index (χ4v) is 2.76. The Kier molecular flexibility index (Phi) is 3.02. The van der Waals surface area contributed by atoms with Crippen LogP contribution in [0.15, 0.2) is 36.7 Å². The lowest BCUT2D eigenvalue weighted by Gasteiger charge is -2.20. The van der Waals surface area contributed by atoms with Gasteiger partial charge in [0.2, 0.25) is 0 Å². The maximum Gasteiger partial charge on any atom is 0.129 e. The van der Waals surface area contributed by atoms with E-state index in [4.69, 9.17) is 4.74 Å². The summed E-state index contributed by atoms with van der Waals surface area (Å²) in [5, 5.41) is 10.6. The van der Waals surface area contributed by atoms with E-state index >= 15 is 0 Å². The van der Waals surface area contributed by atoms with Crippen LogP contribution in [0.3, 0.4) is 0 Å². The summed E-state index contributed by atoms with van der Waals surface area (Å²) in [5.74, 6) is 0.825. The Hall–Kier alpha value is -1.87. The number of aryl methyl sites for hydroxylation is 1. The van der Waals surface area contributed by atoms with Crippen LogP contribution in [0.4, 0.5) is 0 Å². The fraction of sp³-hybridized carbons (Fsp3) is 0.353. The molecule has 1 N–H and O–H groups in total. The van der Waals surface area contributed by atoms with E-state index in [0.717, 1.165) is 34.4 Å². The second-order valence-electron chi connectivity index (χ2n) is 6.07. The third-order valence-corrected chi connectivity index (χ3v) is 3.63. The van der Waals surface area contributed by atoms with E-state index < -0.39 is 6.10 Å². The first-order chi connectivity index (χ1) is 9.46. The maximum atomic E-state index is 10.6. The van der Waals surface area contributed by atoms with Crippen molar-refractivity contribution >= 4 is 0 Å². The fourth-order valence-electron chi connectivity index (χ4n) is 2.76. The van der Waals surface area contributed by atoms with E-state index in [1.807, 2.05) is 25.1 Å². The molecule has 104 valence electrons. The Morgan fingerprint density at radius 2 is 2.10 bits per heavy atom. The molecule has 0 saturated carbocycles. The van der Waals surface area contributed by atoms with Gasteiger partial charge in [-0.3, -0.25) is 4.98 Å². The predicted octanol–water partition coefficient (Wildman–Crippen LogP) is 3.19. The highest BCUT2D eigenvalue weighted by atomic mass is 16.5. The van der Waals surface area contributed by atoms with E-state index in [0.29, 0.717) is 0 Å². The van der Waals surface area contributed by atoms with E-state index in [1.54, 1.807) is 12.4 Å². The molecular formula is C17H19NO2. The van der Waals surface area contributed by atoms with Crippen molar-refractivity contribution in [3.05, 3.63) is 58.9 Å². The molecule has 1 unspecified atom stereocenters. The van der Waals surface area contributed by atoms with Gasteiger partial charge in [0, 0.05) is 29.9 Å². The summed E-state index contributed by atoms with van der Waals surface area (Å²) in [6.07, 6.45) is 3.66. The molecule has 0 spiro atoms. The van der Waals surface area contributed by atoms with Crippen molar-refractivity contribution in [3.8, 4) is 5.75 Å². The number of rotatable bonds is 2. The van der Waals surface area contributed by atoms with Crippen LogP contribution in [-0.4, -0.2) is 15.7 Å². The molecule has 2 aromatic rings. The number of hydrogen-bond acceptors (Lipinski definition) is 3. The van der Waals surface area contributed by atoms with Gasteiger partial charge in [0.25, 0.3) is 0 Å². The van der Waals surface area contributed by atoms with Crippen LogP contribution in [-0.2, 0) is 6.42 Å². The van der Waals surface area contributed by atoms with Crippen molar-refractivity contribution in [2.24, 2.45) is 0 Å². The number of ether oxygens (including phenoxy) is 1. The molecule has 3 rings (SSSR count). The van der Waals surface area contributed by atoms with Gasteiger partial charge in [-0.2, -0.15) is 0 Å². The summed E-state index contributed by atoms with van der Waals surface area (Å²) in [5.41, 5.74) is 3.61. The van der Waals surface area contributed by atoms with Crippen LogP contribution in [0.25, 0.3) is 0 Å². The van der Waals surface area contributed by atoms with Crippen molar-refractivity contribution in [1.82, 2.24) is 4.98 Å². The van der Waals surface area contributed by atoms with Gasteiger partial charge in [-0.15, -0.1) is 0 Å². The van der Waals surface area contributed by atoms with Gasteiger partial charge in [0.15, 0.2) is 0 Å². The molecule has 1 aromatic heterocycles. The normalized spacial score (nSPS) is 17.4. The molecule has 1 atom stereocenters. The van der Waals surface area contributed by atoms with Crippen LogP contribution in [0.5, 0.6) is 5.75 Å². The van der Waals surface area contributed by atoms with Gasteiger partial charge >= 0.3 is 0 Å². The minimum Gasteiger partial charge on any atom is -0.487 e. The first-order valence-corrected chi connectivity index (χ1v) is 6.87. The molecule has 3 nitrogen and oxygen atoms in total. The van der Waals surface area contributed by atoms with Crippen LogP contribution in [0, 0.1) is 6.92 Å². The maximum absolute atomic E-state index is 10.6. The molecule has 0 bridgehead atoms. The smallest absolute Gasteiger partial charge is 0.129 e. The van der Waals surface area contributed by atoms with E-state index in [-0.39, 0.29) is 5.60 Å². The van der Waals surface area contributed by atoms with Crippen LogP contribution >= 0.6 is 0 Å². The number of benzene rings is 1. The molecule has 1 aromatic carbocycles. The largest absolute Gasteiger partial charge is 0.487 e. The molecule has 3 heteroatoms. The lowest BCUT2D eigenvalue weighted by molar-refractivity contribution is 0.131. The number of aromatic nitrogens is 1. The van der Waals surface area contributed by atoms with E-state index in [2.05, 4.69) is 24.9 Å². The summed E-state index contributed by atoms with van der Waals surface area (Å²) >= 11 is 0. The average molecular weight is 269 g/mol. The topological polar surface area (TPSA) is 42.4 Å². The quantitative estimate of drug-likeness (QED) is 0.910. The number of para-hydroxylation sites is 1. The Morgan fingerprint density at radius 1 is 1.30 bits per heavy atom. The molecular weight excluding hydrogens is 250 g/mol. The van der Waals surface area contributed by atoms with Crippen LogP contribution < -0.4 is 4.74 Å². The minimum atomic E-state index is -0.703. The monoisotopic (exact) mass is 269 g/mol. The van der Waals surface area contributed by atoms with Crippen molar-refractivity contribution in [3.63, 3.8) is 0 Å². The number of aliphatic hydroxyl groups excluding tert-OH is 1. The van der Waals surface area contributed by atoms with Gasteiger partial charge in [-0.05, 0) is 31.9 Å². The second-order valence-corrected chi connectivity index (χ2v) is 6.07. The third-order valence-electron chi connectivity index (χ3n) is 3.63. The Morgan fingerprint density at radius 3 is 2.85 bits per heavy atom. The summed E-state index contributed by atoms with van der Waals surface area (Å²) in [7, 11) is 0. The lowest BCUT2D eigenvalue weighted by atomic mass is 9.96. The number of hydrogen-bond donors (Lipinski definition) is 1. The zero-order chi connectivity index (χ0) is 14.3. The standard InChI is InChI=1S/C17H19NO2/c1-11-7-13(10-18-9-11)15(19)14-6-4-5-12-8-17(2,3)20-16(12)14/h4-7,9-10,15,19H,8H2,1-3H3. The Balaban J connectivity index is 2.02. The zero-order valence-corrected chi connectivity index (χ0v) is 12.1. The molecule has 0 aliphatic carbocycles. The van der Waals surface area contributed by atoms with Crippen molar-refractivity contribution in [2.75, 3.05) is 0 Å². The molecule has 0 saturated heterocycles. The van der Waals surface area contributed by atoms with E-state index in [9.17, 15) is 5.11 Å². The first kappa shape index (κ1) is 13.1. The Bertz CT molecular complexity index is 649. The molecule has 0 radical (unpaired) electrons. The lowest BCUT2D eigenvalue weighted by Crippen LogP contribution is -2.25. The highest BCUT2D eigenvalue weighted by Gasteiger charge is 2.33. The van der Waals surface area contributed by atoms with Gasteiger partial charge in [-0.25, -0.2) is 0 Å². The van der Waals surface area contributed by atoms with Gasteiger partial charge in [-0.1, -0.05) is 24.3 Å². The molecule has 0 fully saturated rings. The summed E-state index contributed by atoms with van der Waals surface area (Å²) in [6, 6.07) is 7.92. The SMILES string of the molecule is Cc1cncc(C(O)c2cccc3c2OC(C)(C)C3)c1. The van der Waals surface area contributed by atoms with Crippen LogP contribution in [0.1, 0.15) is 42.2 Å². The average Bonchev–Trinajstić information content (AvgIpc) is 2.71. The van der Waals surface area contributed by atoms with Crippen molar-refractivity contribution in [1.29, 1.82) is 0 Å². The third kappa shape index (κ3) is 2.29. The Labute approximate surface area is 119 Å². The van der Waals surface area contributed by atoms with Gasteiger partial charge < -0.3 is 9.84 Å². The molecule has 2 heterocycles. The first-order valence-electron chi connectivity index (χ1n) is 6.87. The summed E-state index contributed by atoms with van der Waals surface area (Å²) in [4.78, 5) is 4.15. The number of nitrogens with zero attached hydrogens (tertiary/aromatic N) is 1. The van der Waals surface area contributed by atoms with Crippen molar-refractivity contribution < 1.29 is 9.84 Å². The van der Waals surface area contributed by atoms with Crippen LogP contribution in [0.2, 0.25) is 0 Å². The predicted molar refractivity (Wildman–Crippen MR) is 77.9 cm³/mol. The number of aliphatic hydroxyl groups is 1. The number of pyridine rings is 1. The zero-order valence-electron chi connectivity index (χ0n) is 12.1. The summed E-state index contributed by atoms with van der Waals surface area (Å²) < 4.78 is 6.02. The molecule has 1 aliphatic rings.